The fourth-order valence-corrected chi connectivity index (χ4v) is 6.16. The van der Waals surface area contributed by atoms with Crippen LogP contribution < -0.4 is 9.47 Å². The summed E-state index contributed by atoms with van der Waals surface area (Å²) in [6, 6.07) is 22.0. The maximum Gasteiger partial charge on any atom is 0.123 e. The standard InChI is InChI=1S/C39H50O4/c1-5-7-30-8-10-32(11-9-30)33-12-14-34(15-13-33)39-17-16-35(22-31(39)6-2)36-23-37(42-20-18-28(3)26-40)25-38(24-36)43-21-19-29(4)27-41/h12-17,22-25,30,32,40-41H,3-11,18-21,26-27H2,1-2H3. The van der Waals surface area contributed by atoms with E-state index < -0.39 is 0 Å². The fourth-order valence-electron chi connectivity index (χ4n) is 6.16. The zero-order valence-electron chi connectivity index (χ0n) is 26.2. The molecule has 0 amide bonds. The lowest BCUT2D eigenvalue weighted by Gasteiger charge is -2.28. The van der Waals surface area contributed by atoms with Gasteiger partial charge in [0.1, 0.15) is 11.5 Å². The van der Waals surface area contributed by atoms with Gasteiger partial charge in [0.25, 0.3) is 0 Å². The fraction of sp³-hybridized carbons (Fsp3) is 0.436. The molecule has 4 nitrogen and oxygen atoms in total. The van der Waals surface area contributed by atoms with Crippen LogP contribution in [0.15, 0.2) is 85.0 Å². The summed E-state index contributed by atoms with van der Waals surface area (Å²) in [5, 5.41) is 18.6. The van der Waals surface area contributed by atoms with Crippen molar-refractivity contribution in [1.29, 1.82) is 0 Å². The summed E-state index contributed by atoms with van der Waals surface area (Å²) in [7, 11) is 0. The highest BCUT2D eigenvalue weighted by atomic mass is 16.5. The predicted molar refractivity (Wildman–Crippen MR) is 179 cm³/mol. The molecule has 2 N–H and O–H groups in total. The Balaban J connectivity index is 1.53. The van der Waals surface area contributed by atoms with Gasteiger partial charge in [-0.15, -0.1) is 0 Å². The third-order valence-corrected chi connectivity index (χ3v) is 8.83. The number of aryl methyl sites for hydroxylation is 1. The Morgan fingerprint density at radius 2 is 1.30 bits per heavy atom. The van der Waals surface area contributed by atoms with Crippen molar-refractivity contribution in [1.82, 2.24) is 0 Å². The van der Waals surface area contributed by atoms with Gasteiger partial charge in [-0.2, -0.15) is 0 Å². The molecule has 0 saturated heterocycles. The maximum absolute atomic E-state index is 9.28. The molecule has 0 radical (unpaired) electrons. The SMILES string of the molecule is C=C(CO)CCOc1cc(OCCC(=C)CO)cc(-c2ccc(-c3ccc(C4CCC(CCC)CC4)cc3)c(CC)c2)c1. The Hall–Kier alpha value is -3.34. The molecule has 43 heavy (non-hydrogen) atoms. The van der Waals surface area contributed by atoms with Gasteiger partial charge in [0.05, 0.1) is 26.4 Å². The third kappa shape index (κ3) is 9.32. The zero-order chi connectivity index (χ0) is 30.6. The molecule has 230 valence electrons. The highest BCUT2D eigenvalue weighted by Gasteiger charge is 2.22. The molecule has 3 aromatic rings. The molecule has 1 fully saturated rings. The van der Waals surface area contributed by atoms with Crippen molar-refractivity contribution in [2.75, 3.05) is 26.4 Å². The van der Waals surface area contributed by atoms with Gasteiger partial charge in [-0.05, 0) is 101 Å². The maximum atomic E-state index is 9.28. The molecular formula is C39H50O4. The molecule has 0 unspecified atom stereocenters. The van der Waals surface area contributed by atoms with Crippen molar-refractivity contribution in [3.05, 3.63) is 96.1 Å². The largest absolute Gasteiger partial charge is 0.493 e. The highest BCUT2D eigenvalue weighted by Crippen LogP contribution is 2.39. The van der Waals surface area contributed by atoms with Crippen molar-refractivity contribution in [3.63, 3.8) is 0 Å². The van der Waals surface area contributed by atoms with Gasteiger partial charge in [-0.3, -0.25) is 0 Å². The number of benzene rings is 3. The number of aliphatic hydroxyl groups excluding tert-OH is 2. The second kappa shape index (κ2) is 16.5. The number of rotatable bonds is 16. The van der Waals surface area contributed by atoms with Crippen molar-refractivity contribution < 1.29 is 19.7 Å². The molecule has 1 saturated carbocycles. The van der Waals surface area contributed by atoms with Crippen LogP contribution in [0.5, 0.6) is 11.5 Å². The van der Waals surface area contributed by atoms with Crippen LogP contribution in [-0.2, 0) is 6.42 Å². The molecular weight excluding hydrogens is 532 g/mol. The summed E-state index contributed by atoms with van der Waals surface area (Å²) in [5.74, 6) is 3.05. The van der Waals surface area contributed by atoms with Crippen LogP contribution in [0, 0.1) is 5.92 Å². The van der Waals surface area contributed by atoms with Gasteiger partial charge < -0.3 is 19.7 Å². The second-order valence-electron chi connectivity index (χ2n) is 12.1. The summed E-state index contributed by atoms with van der Waals surface area (Å²) in [6.45, 7) is 13.0. The van der Waals surface area contributed by atoms with E-state index in [4.69, 9.17) is 9.47 Å². The molecule has 0 spiro atoms. The number of hydrogen-bond donors (Lipinski definition) is 2. The molecule has 0 aromatic heterocycles. The number of aliphatic hydroxyl groups is 2. The predicted octanol–water partition coefficient (Wildman–Crippen LogP) is 9.29. The molecule has 0 bridgehead atoms. The Labute approximate surface area is 259 Å². The van der Waals surface area contributed by atoms with Crippen LogP contribution in [0.3, 0.4) is 0 Å². The summed E-state index contributed by atoms with van der Waals surface area (Å²) in [6.07, 6.45) is 10.2. The van der Waals surface area contributed by atoms with Crippen LogP contribution in [0.25, 0.3) is 22.3 Å². The number of ether oxygens (including phenoxy) is 2. The molecule has 4 heteroatoms. The van der Waals surface area contributed by atoms with E-state index in [1.54, 1.807) is 0 Å². The quantitative estimate of drug-likeness (QED) is 0.165. The zero-order valence-corrected chi connectivity index (χ0v) is 26.2. The summed E-state index contributed by atoms with van der Waals surface area (Å²) >= 11 is 0. The van der Waals surface area contributed by atoms with Crippen LogP contribution >= 0.6 is 0 Å². The van der Waals surface area contributed by atoms with E-state index in [1.165, 1.54) is 60.8 Å². The Morgan fingerprint density at radius 1 is 0.721 bits per heavy atom. The van der Waals surface area contributed by atoms with Gasteiger partial charge >= 0.3 is 0 Å². The third-order valence-electron chi connectivity index (χ3n) is 8.83. The van der Waals surface area contributed by atoms with Crippen molar-refractivity contribution in [3.8, 4) is 33.8 Å². The van der Waals surface area contributed by atoms with E-state index >= 15 is 0 Å². The summed E-state index contributed by atoms with van der Waals surface area (Å²) in [4.78, 5) is 0. The molecule has 3 aromatic carbocycles. The smallest absolute Gasteiger partial charge is 0.123 e. The van der Waals surface area contributed by atoms with Crippen molar-refractivity contribution in [2.24, 2.45) is 5.92 Å². The minimum atomic E-state index is -0.0403. The Kier molecular flexibility index (Phi) is 12.5. The van der Waals surface area contributed by atoms with Crippen LogP contribution in [-0.4, -0.2) is 36.6 Å². The van der Waals surface area contributed by atoms with Gasteiger partial charge in [-0.1, -0.05) is 82.3 Å². The first-order valence-corrected chi connectivity index (χ1v) is 16.1. The van der Waals surface area contributed by atoms with Crippen LogP contribution in [0.4, 0.5) is 0 Å². The normalized spacial score (nSPS) is 16.6. The average Bonchev–Trinajstić information content (AvgIpc) is 3.04. The average molecular weight is 583 g/mol. The first-order valence-electron chi connectivity index (χ1n) is 16.1. The first-order chi connectivity index (χ1) is 20.9. The monoisotopic (exact) mass is 582 g/mol. The molecule has 0 aliphatic heterocycles. The second-order valence-corrected chi connectivity index (χ2v) is 12.1. The topological polar surface area (TPSA) is 58.9 Å². The van der Waals surface area contributed by atoms with Gasteiger partial charge in [-0.25, -0.2) is 0 Å². The van der Waals surface area contributed by atoms with Crippen LogP contribution in [0.1, 0.15) is 82.3 Å². The minimum absolute atomic E-state index is 0.0403. The lowest BCUT2D eigenvalue weighted by atomic mass is 9.77. The van der Waals surface area contributed by atoms with Crippen molar-refractivity contribution in [2.45, 2.75) is 77.6 Å². The highest BCUT2D eigenvalue weighted by molar-refractivity contribution is 5.75. The van der Waals surface area contributed by atoms with E-state index in [0.29, 0.717) is 43.5 Å². The van der Waals surface area contributed by atoms with Gasteiger partial charge in [0, 0.05) is 18.9 Å². The molecule has 0 atom stereocenters. The molecule has 4 rings (SSSR count). The minimum Gasteiger partial charge on any atom is -0.493 e. The number of hydrogen-bond acceptors (Lipinski definition) is 4. The van der Waals surface area contributed by atoms with Crippen molar-refractivity contribution >= 4 is 0 Å². The lowest BCUT2D eigenvalue weighted by Crippen LogP contribution is -2.13. The van der Waals surface area contributed by atoms with Crippen LogP contribution in [0.2, 0.25) is 0 Å². The van der Waals surface area contributed by atoms with E-state index in [0.717, 1.165) is 34.6 Å². The Bertz CT molecular complexity index is 1290. The van der Waals surface area contributed by atoms with Gasteiger partial charge in [0.2, 0.25) is 0 Å². The first kappa shape index (κ1) is 32.6. The Morgan fingerprint density at radius 3 is 1.84 bits per heavy atom. The van der Waals surface area contributed by atoms with E-state index in [2.05, 4.69) is 69.5 Å². The lowest BCUT2D eigenvalue weighted by molar-refractivity contribution is 0.285. The van der Waals surface area contributed by atoms with E-state index in [-0.39, 0.29) is 13.2 Å². The molecule has 1 aliphatic rings. The van der Waals surface area contributed by atoms with E-state index in [1.807, 2.05) is 18.2 Å². The molecule has 0 heterocycles. The van der Waals surface area contributed by atoms with Gasteiger partial charge in [0.15, 0.2) is 0 Å². The molecule has 1 aliphatic carbocycles. The summed E-state index contributed by atoms with van der Waals surface area (Å²) in [5.41, 5.74) is 8.94. The van der Waals surface area contributed by atoms with E-state index in [9.17, 15) is 10.2 Å². The summed E-state index contributed by atoms with van der Waals surface area (Å²) < 4.78 is 12.1.